The van der Waals surface area contributed by atoms with Crippen molar-refractivity contribution < 1.29 is 23.8 Å². The molecule has 0 bridgehead atoms. The van der Waals surface area contributed by atoms with Gasteiger partial charge in [0.15, 0.2) is 6.20 Å². The number of amidine groups is 1. The second-order valence-electron chi connectivity index (χ2n) is 3.79. The molecule has 3 atom stereocenters. The van der Waals surface area contributed by atoms with E-state index in [0.717, 1.165) is 6.20 Å². The van der Waals surface area contributed by atoms with Crippen LogP contribution in [0.25, 0.3) is 0 Å². The van der Waals surface area contributed by atoms with E-state index >= 15 is 0 Å². The Morgan fingerprint density at radius 3 is 3.00 bits per heavy atom. The molecule has 2 rings (SSSR count). The number of ether oxygens (including phenoxy) is 1. The van der Waals surface area contributed by atoms with E-state index in [1.807, 2.05) is 0 Å². The van der Waals surface area contributed by atoms with Crippen LogP contribution in [0.3, 0.4) is 0 Å². The molecule has 2 aliphatic heterocycles. The molecule has 0 spiro atoms. The van der Waals surface area contributed by atoms with Gasteiger partial charge in [-0.05, 0) is 6.42 Å². The lowest BCUT2D eigenvalue weighted by molar-refractivity contribution is -0.983. The molecule has 16 heavy (non-hydrogen) atoms. The molecule has 1 fully saturated rings. The van der Waals surface area contributed by atoms with Gasteiger partial charge in [-0.15, -0.1) is 4.99 Å². The van der Waals surface area contributed by atoms with Crippen LogP contribution in [0.15, 0.2) is 17.3 Å². The van der Waals surface area contributed by atoms with Crippen molar-refractivity contribution in [3.8, 4) is 0 Å². The molecule has 88 valence electrons. The van der Waals surface area contributed by atoms with Gasteiger partial charge in [0.1, 0.15) is 5.84 Å². The number of amides is 2. The predicted octanol–water partition coefficient (Wildman–Crippen LogP) is 0.190. The lowest BCUT2D eigenvalue weighted by Crippen LogP contribution is -2.49. The van der Waals surface area contributed by atoms with Gasteiger partial charge in [-0.1, -0.05) is 0 Å². The Hall–Kier alpha value is -1.31. The molecule has 0 aliphatic carbocycles. The summed E-state index contributed by atoms with van der Waals surface area (Å²) in [6, 6.07) is -0.997. The maximum atomic E-state index is 14.3. The number of carbonyl (C=O) groups excluding carboxylic acids is 1. The Bertz CT molecular complexity index is 371. The van der Waals surface area contributed by atoms with Gasteiger partial charge in [0.05, 0.1) is 12.7 Å². The van der Waals surface area contributed by atoms with Crippen LogP contribution in [0.4, 0.5) is 9.28 Å². The molecule has 0 aromatic rings. The van der Waals surface area contributed by atoms with Crippen LogP contribution in [0.5, 0.6) is 0 Å². The van der Waals surface area contributed by atoms with E-state index in [-0.39, 0.29) is 12.4 Å². The number of urea groups is 1. The number of aliphatic hydroxyl groups excluding tert-OH is 1. The van der Waals surface area contributed by atoms with Crippen LogP contribution in [-0.2, 0) is 4.74 Å². The van der Waals surface area contributed by atoms with Crippen molar-refractivity contribution in [1.29, 1.82) is 0 Å². The summed E-state index contributed by atoms with van der Waals surface area (Å²) in [5.74, 6) is -0.0203. The summed E-state index contributed by atoms with van der Waals surface area (Å²) in [6.45, 7) is -0.181. The van der Waals surface area contributed by atoms with Crippen molar-refractivity contribution in [3.05, 3.63) is 12.3 Å². The first-order chi connectivity index (χ1) is 7.56. The zero-order valence-electron chi connectivity index (χ0n) is 8.54. The summed E-state index contributed by atoms with van der Waals surface area (Å²) in [6.07, 6.45) is 1.77. The molecule has 1 saturated heterocycles. The van der Waals surface area contributed by atoms with Gasteiger partial charge in [-0.25, -0.2) is 4.79 Å². The van der Waals surface area contributed by atoms with Crippen LogP contribution in [0.1, 0.15) is 12.8 Å². The number of rotatable bonds is 2. The third-order valence-corrected chi connectivity index (χ3v) is 2.69. The number of aliphatic imine (C=N–C) groups is 1. The molecule has 0 radical (unpaired) electrons. The fourth-order valence-electron chi connectivity index (χ4n) is 1.79. The SMILES string of the molecule is NC1=NC(=O)[N+](F)([C@H]2CC[C@@H](CO)O2)C=C1. The Morgan fingerprint density at radius 1 is 1.69 bits per heavy atom. The lowest BCUT2D eigenvalue weighted by atomic mass is 10.2. The number of aliphatic hydroxyl groups is 1. The highest BCUT2D eigenvalue weighted by Gasteiger charge is 2.51. The highest BCUT2D eigenvalue weighted by Crippen LogP contribution is 2.32. The third kappa shape index (κ3) is 1.73. The molecule has 7 heteroatoms. The fourth-order valence-corrected chi connectivity index (χ4v) is 1.79. The molecule has 0 aromatic carbocycles. The summed E-state index contributed by atoms with van der Waals surface area (Å²) < 4.78 is 18.0. The first-order valence-corrected chi connectivity index (χ1v) is 4.98. The summed E-state index contributed by atoms with van der Waals surface area (Å²) in [5, 5.41) is 8.87. The molecule has 1 unspecified atom stereocenters. The Morgan fingerprint density at radius 2 is 2.44 bits per heavy atom. The van der Waals surface area contributed by atoms with Crippen molar-refractivity contribution in [2.24, 2.45) is 10.7 Å². The highest BCUT2D eigenvalue weighted by atomic mass is 19.2. The zero-order valence-corrected chi connectivity index (χ0v) is 8.54. The van der Waals surface area contributed by atoms with E-state index in [1.165, 1.54) is 6.08 Å². The number of carbonyl (C=O) groups is 1. The minimum absolute atomic E-state index is 0.0203. The van der Waals surface area contributed by atoms with Crippen molar-refractivity contribution in [3.63, 3.8) is 0 Å². The summed E-state index contributed by atoms with van der Waals surface area (Å²) in [5.41, 5.74) is 5.28. The molecule has 6 nitrogen and oxygen atoms in total. The van der Waals surface area contributed by atoms with E-state index in [4.69, 9.17) is 15.6 Å². The molecular weight excluding hydrogens is 217 g/mol. The molecule has 3 N–H and O–H groups in total. The number of hydrogen-bond acceptors (Lipinski definition) is 4. The molecular formula is C9H13FN3O3+. The van der Waals surface area contributed by atoms with Crippen molar-refractivity contribution in [2.45, 2.75) is 25.2 Å². The van der Waals surface area contributed by atoms with Gasteiger partial charge in [-0.3, -0.25) is 0 Å². The van der Waals surface area contributed by atoms with Gasteiger partial charge in [-0.2, -0.15) is 0 Å². The van der Waals surface area contributed by atoms with Gasteiger partial charge >= 0.3 is 6.03 Å². The molecule has 0 saturated carbocycles. The van der Waals surface area contributed by atoms with E-state index in [1.54, 1.807) is 0 Å². The van der Waals surface area contributed by atoms with Gasteiger partial charge in [0, 0.05) is 21.7 Å². The average molecular weight is 230 g/mol. The van der Waals surface area contributed by atoms with Crippen molar-refractivity contribution >= 4 is 11.9 Å². The minimum atomic E-state index is -1.53. The monoisotopic (exact) mass is 230 g/mol. The van der Waals surface area contributed by atoms with E-state index in [0.29, 0.717) is 12.8 Å². The topological polar surface area (TPSA) is 84.9 Å². The maximum absolute atomic E-state index is 14.3. The second-order valence-corrected chi connectivity index (χ2v) is 3.79. The highest BCUT2D eigenvalue weighted by molar-refractivity contribution is 5.99. The average Bonchev–Trinajstić information content (AvgIpc) is 2.73. The van der Waals surface area contributed by atoms with Crippen LogP contribution in [-0.4, -0.2) is 40.6 Å². The maximum Gasteiger partial charge on any atom is 0.489 e. The molecule has 2 aliphatic rings. The van der Waals surface area contributed by atoms with Crippen LogP contribution >= 0.6 is 0 Å². The minimum Gasteiger partial charge on any atom is -0.394 e. The summed E-state index contributed by atoms with van der Waals surface area (Å²) in [4.78, 5) is 14.8. The standard InChI is InChI=1S/C9H12FN3O3/c10-13(4-3-7(11)12-9(13)15)8-2-1-6(5-14)16-8/h3-4,6,8,14H,1-2,5H2,(H-,11,12,15)/p+1/t6-,8+,13?/m0/s1. The third-order valence-electron chi connectivity index (χ3n) is 2.69. The second kappa shape index (κ2) is 3.93. The Kier molecular flexibility index (Phi) is 2.75. The Balaban J connectivity index is 2.15. The molecule has 2 amide bonds. The Labute approximate surface area is 91.3 Å². The quantitative estimate of drug-likeness (QED) is 0.663. The molecule has 0 aromatic heterocycles. The first kappa shape index (κ1) is 11.2. The van der Waals surface area contributed by atoms with E-state index in [9.17, 15) is 9.28 Å². The number of nitrogens with two attached hydrogens (primary N) is 1. The number of quaternary nitrogens is 1. The lowest BCUT2D eigenvalue weighted by Gasteiger charge is -2.24. The summed E-state index contributed by atoms with van der Waals surface area (Å²) >= 11 is 0. The van der Waals surface area contributed by atoms with Gasteiger partial charge < -0.3 is 15.6 Å². The van der Waals surface area contributed by atoms with E-state index in [2.05, 4.69) is 4.99 Å². The van der Waals surface area contributed by atoms with Gasteiger partial charge in [0.25, 0.3) is 0 Å². The fraction of sp³-hybridized carbons (Fsp3) is 0.556. The zero-order chi connectivity index (χ0) is 11.8. The molecule has 2 heterocycles. The van der Waals surface area contributed by atoms with Crippen molar-refractivity contribution in [1.82, 2.24) is 0 Å². The van der Waals surface area contributed by atoms with E-state index < -0.39 is 23.1 Å². The van der Waals surface area contributed by atoms with Crippen molar-refractivity contribution in [2.75, 3.05) is 6.61 Å². The smallest absolute Gasteiger partial charge is 0.394 e. The number of nitrogens with zero attached hydrogens (tertiary/aromatic N) is 2. The van der Waals surface area contributed by atoms with Crippen LogP contribution < -0.4 is 5.73 Å². The largest absolute Gasteiger partial charge is 0.489 e. The first-order valence-electron chi connectivity index (χ1n) is 4.98. The summed E-state index contributed by atoms with van der Waals surface area (Å²) in [7, 11) is 0. The van der Waals surface area contributed by atoms with Gasteiger partial charge in [0.2, 0.25) is 6.23 Å². The predicted molar refractivity (Wildman–Crippen MR) is 52.5 cm³/mol. The number of halogens is 1. The number of hydrogen-bond donors (Lipinski definition) is 2. The van der Waals surface area contributed by atoms with Crippen LogP contribution in [0, 0.1) is 0 Å². The normalized spacial score (nSPS) is 38.9. The van der Waals surface area contributed by atoms with Crippen LogP contribution in [0.2, 0.25) is 0 Å².